The average molecular weight is 323 g/mol. The van der Waals surface area contributed by atoms with Gasteiger partial charge in [-0.25, -0.2) is 0 Å². The van der Waals surface area contributed by atoms with Crippen molar-refractivity contribution in [2.75, 3.05) is 19.7 Å². The SMILES string of the molecule is CCOc1ccc2c(c1)c(Br)c(C1CCNC1)n2C. The highest BCUT2D eigenvalue weighted by Gasteiger charge is 2.24. The van der Waals surface area contributed by atoms with E-state index < -0.39 is 0 Å². The molecule has 1 aromatic heterocycles. The molecule has 2 aromatic rings. The van der Waals surface area contributed by atoms with Gasteiger partial charge in [-0.3, -0.25) is 0 Å². The molecule has 3 nitrogen and oxygen atoms in total. The van der Waals surface area contributed by atoms with Gasteiger partial charge in [-0.05, 0) is 54.0 Å². The fourth-order valence-corrected chi connectivity index (χ4v) is 3.90. The van der Waals surface area contributed by atoms with Crippen LogP contribution in [0.5, 0.6) is 5.75 Å². The number of rotatable bonds is 3. The van der Waals surface area contributed by atoms with Crippen molar-refractivity contribution >= 4 is 26.8 Å². The van der Waals surface area contributed by atoms with Gasteiger partial charge in [0, 0.05) is 40.6 Å². The van der Waals surface area contributed by atoms with Gasteiger partial charge < -0.3 is 14.6 Å². The van der Waals surface area contributed by atoms with E-state index >= 15 is 0 Å². The van der Waals surface area contributed by atoms with E-state index in [1.807, 2.05) is 6.92 Å². The first-order chi connectivity index (χ1) is 9.22. The molecule has 1 atom stereocenters. The minimum absolute atomic E-state index is 0.599. The van der Waals surface area contributed by atoms with E-state index in [0.29, 0.717) is 12.5 Å². The van der Waals surface area contributed by atoms with Crippen molar-refractivity contribution in [3.63, 3.8) is 0 Å². The summed E-state index contributed by atoms with van der Waals surface area (Å²) in [5.74, 6) is 1.54. The molecule has 102 valence electrons. The Bertz CT molecular complexity index is 600. The van der Waals surface area contributed by atoms with Gasteiger partial charge in [0.25, 0.3) is 0 Å². The van der Waals surface area contributed by atoms with Crippen LogP contribution >= 0.6 is 15.9 Å². The summed E-state index contributed by atoms with van der Waals surface area (Å²) < 4.78 is 9.14. The Labute approximate surface area is 122 Å². The molecule has 0 spiro atoms. The van der Waals surface area contributed by atoms with Crippen molar-refractivity contribution in [2.45, 2.75) is 19.3 Å². The molecule has 1 fully saturated rings. The van der Waals surface area contributed by atoms with Crippen LogP contribution in [0.2, 0.25) is 0 Å². The summed E-state index contributed by atoms with van der Waals surface area (Å²) in [6, 6.07) is 6.33. The Hall–Kier alpha value is -1.00. The second kappa shape index (κ2) is 5.17. The maximum Gasteiger partial charge on any atom is 0.120 e. The Morgan fingerprint density at radius 2 is 2.32 bits per heavy atom. The number of hydrogen-bond donors (Lipinski definition) is 1. The highest BCUT2D eigenvalue weighted by atomic mass is 79.9. The Kier molecular flexibility index (Phi) is 3.54. The van der Waals surface area contributed by atoms with E-state index in [9.17, 15) is 0 Å². The van der Waals surface area contributed by atoms with Gasteiger partial charge in [0.2, 0.25) is 0 Å². The maximum atomic E-state index is 5.60. The van der Waals surface area contributed by atoms with E-state index in [0.717, 1.165) is 18.8 Å². The minimum Gasteiger partial charge on any atom is -0.494 e. The van der Waals surface area contributed by atoms with Crippen molar-refractivity contribution in [3.8, 4) is 5.75 Å². The van der Waals surface area contributed by atoms with E-state index in [2.05, 4.69) is 51.1 Å². The molecule has 2 heterocycles. The van der Waals surface area contributed by atoms with Gasteiger partial charge in [-0.1, -0.05) is 0 Å². The first-order valence-electron chi connectivity index (χ1n) is 6.83. The fourth-order valence-electron chi connectivity index (χ4n) is 3.00. The summed E-state index contributed by atoms with van der Waals surface area (Å²) in [4.78, 5) is 0. The minimum atomic E-state index is 0.599. The van der Waals surface area contributed by atoms with Crippen molar-refractivity contribution in [3.05, 3.63) is 28.4 Å². The van der Waals surface area contributed by atoms with E-state index in [1.54, 1.807) is 0 Å². The number of hydrogen-bond acceptors (Lipinski definition) is 2. The standard InChI is InChI=1S/C15H19BrN2O/c1-3-19-11-4-5-13-12(8-11)14(16)15(18(13)2)10-6-7-17-9-10/h4-5,8,10,17H,3,6-7,9H2,1-2H3. The molecular weight excluding hydrogens is 304 g/mol. The van der Waals surface area contributed by atoms with E-state index in [-0.39, 0.29) is 0 Å². The summed E-state index contributed by atoms with van der Waals surface area (Å²) in [6.07, 6.45) is 1.21. The molecule has 0 bridgehead atoms. The van der Waals surface area contributed by atoms with Crippen LogP contribution in [-0.4, -0.2) is 24.3 Å². The van der Waals surface area contributed by atoms with Crippen LogP contribution in [0.15, 0.2) is 22.7 Å². The Morgan fingerprint density at radius 1 is 1.47 bits per heavy atom. The third-order valence-electron chi connectivity index (χ3n) is 3.91. The quantitative estimate of drug-likeness (QED) is 0.937. The van der Waals surface area contributed by atoms with Gasteiger partial charge in [0.15, 0.2) is 0 Å². The molecule has 1 aliphatic heterocycles. The van der Waals surface area contributed by atoms with Crippen molar-refractivity contribution in [2.24, 2.45) is 7.05 Å². The number of ether oxygens (including phenoxy) is 1. The molecule has 0 saturated carbocycles. The molecule has 0 aliphatic carbocycles. The molecule has 0 radical (unpaired) electrons. The predicted octanol–water partition coefficient (Wildman–Crippen LogP) is 3.42. The zero-order valence-electron chi connectivity index (χ0n) is 11.4. The van der Waals surface area contributed by atoms with Gasteiger partial charge in [0.1, 0.15) is 5.75 Å². The normalized spacial score (nSPS) is 19.2. The number of halogens is 1. The number of aryl methyl sites for hydroxylation is 1. The van der Waals surface area contributed by atoms with Crippen LogP contribution in [-0.2, 0) is 7.05 Å². The van der Waals surface area contributed by atoms with Crippen LogP contribution < -0.4 is 10.1 Å². The number of nitrogens with zero attached hydrogens (tertiary/aromatic N) is 1. The van der Waals surface area contributed by atoms with Crippen molar-refractivity contribution in [1.29, 1.82) is 0 Å². The third kappa shape index (κ3) is 2.17. The average Bonchev–Trinajstić information content (AvgIpc) is 2.99. The number of fused-ring (bicyclic) bond motifs is 1. The second-order valence-corrected chi connectivity index (χ2v) is 5.85. The lowest BCUT2D eigenvalue weighted by Gasteiger charge is -2.11. The topological polar surface area (TPSA) is 26.2 Å². The molecule has 3 rings (SSSR count). The van der Waals surface area contributed by atoms with Gasteiger partial charge in [0.05, 0.1) is 6.61 Å². The van der Waals surface area contributed by atoms with Crippen LogP contribution in [0.3, 0.4) is 0 Å². The molecule has 0 amide bonds. The van der Waals surface area contributed by atoms with E-state index in [4.69, 9.17) is 4.74 Å². The Morgan fingerprint density at radius 3 is 3.00 bits per heavy atom. The van der Waals surface area contributed by atoms with Crippen LogP contribution in [0.4, 0.5) is 0 Å². The van der Waals surface area contributed by atoms with Crippen LogP contribution in [0.1, 0.15) is 25.0 Å². The summed E-state index contributed by atoms with van der Waals surface area (Å²) >= 11 is 3.79. The van der Waals surface area contributed by atoms with E-state index in [1.165, 1.54) is 27.5 Å². The molecular formula is C15H19BrN2O. The summed E-state index contributed by atoms with van der Waals surface area (Å²) in [7, 11) is 2.15. The highest BCUT2D eigenvalue weighted by Crippen LogP contribution is 2.38. The zero-order chi connectivity index (χ0) is 13.4. The third-order valence-corrected chi connectivity index (χ3v) is 4.74. The summed E-state index contributed by atoms with van der Waals surface area (Å²) in [5.41, 5.74) is 2.66. The van der Waals surface area contributed by atoms with Crippen LogP contribution in [0.25, 0.3) is 10.9 Å². The molecule has 1 N–H and O–H groups in total. The highest BCUT2D eigenvalue weighted by molar-refractivity contribution is 9.10. The lowest BCUT2D eigenvalue weighted by atomic mass is 10.0. The summed E-state index contributed by atoms with van der Waals surface area (Å²) in [6.45, 7) is 4.90. The lowest BCUT2D eigenvalue weighted by molar-refractivity contribution is 0.340. The van der Waals surface area contributed by atoms with Crippen LogP contribution in [0, 0.1) is 0 Å². The zero-order valence-corrected chi connectivity index (χ0v) is 13.0. The first kappa shape index (κ1) is 13.0. The monoisotopic (exact) mass is 322 g/mol. The number of benzene rings is 1. The van der Waals surface area contributed by atoms with Gasteiger partial charge >= 0.3 is 0 Å². The number of aromatic nitrogens is 1. The first-order valence-corrected chi connectivity index (χ1v) is 7.63. The van der Waals surface area contributed by atoms with Gasteiger partial charge in [-0.2, -0.15) is 0 Å². The van der Waals surface area contributed by atoms with Crippen molar-refractivity contribution < 1.29 is 4.74 Å². The Balaban J connectivity index is 2.12. The molecule has 1 aromatic carbocycles. The second-order valence-electron chi connectivity index (χ2n) is 5.06. The molecule has 1 aliphatic rings. The smallest absolute Gasteiger partial charge is 0.120 e. The lowest BCUT2D eigenvalue weighted by Crippen LogP contribution is -2.10. The van der Waals surface area contributed by atoms with Crippen molar-refractivity contribution in [1.82, 2.24) is 9.88 Å². The predicted molar refractivity (Wildman–Crippen MR) is 82.0 cm³/mol. The molecule has 1 saturated heterocycles. The molecule has 4 heteroatoms. The largest absolute Gasteiger partial charge is 0.494 e. The number of nitrogens with one attached hydrogen (secondary N) is 1. The maximum absolute atomic E-state index is 5.60. The molecule has 1 unspecified atom stereocenters. The van der Waals surface area contributed by atoms with Gasteiger partial charge in [-0.15, -0.1) is 0 Å². The summed E-state index contributed by atoms with van der Waals surface area (Å²) in [5, 5.41) is 4.69. The molecule has 19 heavy (non-hydrogen) atoms. The fraction of sp³-hybridized carbons (Fsp3) is 0.467.